The van der Waals surface area contributed by atoms with Crippen molar-refractivity contribution in [3.8, 4) is 0 Å². The first-order chi connectivity index (χ1) is 10.1. The number of rotatable bonds is 3. The number of fused-ring (bicyclic) bond motifs is 1. The largest absolute Gasteiger partial charge is 0.384 e. The highest BCUT2D eigenvalue weighted by molar-refractivity contribution is 6.31. The van der Waals surface area contributed by atoms with E-state index in [1.807, 2.05) is 32.0 Å². The summed E-state index contributed by atoms with van der Waals surface area (Å²) in [5.74, 6) is 0. The second-order valence-corrected chi connectivity index (χ2v) is 6.01. The maximum atomic E-state index is 10.8. The van der Waals surface area contributed by atoms with Gasteiger partial charge in [-0.05, 0) is 31.4 Å². The van der Waals surface area contributed by atoms with E-state index in [9.17, 15) is 5.11 Å². The molecule has 2 unspecified atom stereocenters. The monoisotopic (exact) mass is 306 g/mol. The zero-order valence-corrected chi connectivity index (χ0v) is 12.9. The number of aliphatic hydroxyl groups excluding tert-OH is 1. The Labute approximate surface area is 129 Å². The van der Waals surface area contributed by atoms with Crippen molar-refractivity contribution in [3.63, 3.8) is 0 Å². The molecule has 5 heteroatoms. The lowest BCUT2D eigenvalue weighted by molar-refractivity contribution is -0.0519. The first-order valence-electron chi connectivity index (χ1n) is 7.20. The Balaban J connectivity index is 2.01. The van der Waals surface area contributed by atoms with Gasteiger partial charge in [-0.25, -0.2) is 0 Å². The molecule has 2 aromatic rings. The summed E-state index contributed by atoms with van der Waals surface area (Å²) in [4.78, 5) is 0. The van der Waals surface area contributed by atoms with Gasteiger partial charge in [-0.2, -0.15) is 5.10 Å². The Bertz CT molecular complexity index is 639. The van der Waals surface area contributed by atoms with Gasteiger partial charge in [0.25, 0.3) is 0 Å². The van der Waals surface area contributed by atoms with Gasteiger partial charge in [-0.15, -0.1) is 0 Å². The minimum Gasteiger partial charge on any atom is -0.384 e. The molecule has 21 heavy (non-hydrogen) atoms. The van der Waals surface area contributed by atoms with Gasteiger partial charge < -0.3 is 9.84 Å². The van der Waals surface area contributed by atoms with Gasteiger partial charge >= 0.3 is 0 Å². The minimum absolute atomic E-state index is 0.126. The van der Waals surface area contributed by atoms with Crippen LogP contribution in [0.3, 0.4) is 0 Å². The molecule has 4 nitrogen and oxygen atoms in total. The number of nitrogens with zero attached hydrogens (tertiary/aromatic N) is 2. The van der Waals surface area contributed by atoms with Gasteiger partial charge in [0.05, 0.1) is 23.5 Å². The predicted molar refractivity (Wildman–Crippen MR) is 81.4 cm³/mol. The minimum atomic E-state index is -0.830. The van der Waals surface area contributed by atoms with Crippen LogP contribution in [0.2, 0.25) is 5.02 Å². The molecule has 1 aromatic carbocycles. The lowest BCUT2D eigenvalue weighted by Gasteiger charge is -2.30. The quantitative estimate of drug-likeness (QED) is 0.944. The number of halogens is 1. The van der Waals surface area contributed by atoms with Crippen LogP contribution in [0.4, 0.5) is 0 Å². The predicted octanol–water partition coefficient (Wildman–Crippen LogP) is 3.46. The number of benzene rings is 1. The van der Waals surface area contributed by atoms with Gasteiger partial charge in [-0.3, -0.25) is 4.68 Å². The van der Waals surface area contributed by atoms with Gasteiger partial charge in [0, 0.05) is 6.04 Å². The maximum absolute atomic E-state index is 10.8. The lowest BCUT2D eigenvalue weighted by atomic mass is 9.93. The summed E-state index contributed by atoms with van der Waals surface area (Å²) in [6.07, 6.45) is 1.22. The normalized spacial score (nSPS) is 19.6. The summed E-state index contributed by atoms with van der Waals surface area (Å²) < 4.78 is 7.59. The number of ether oxygens (including phenoxy) is 1. The highest BCUT2D eigenvalue weighted by Gasteiger charge is 2.32. The number of aromatic nitrogens is 2. The number of aliphatic hydroxyl groups is 1. The molecule has 0 saturated heterocycles. The zero-order valence-electron chi connectivity index (χ0n) is 12.2. The molecular formula is C16H19ClN2O2. The van der Waals surface area contributed by atoms with Crippen molar-refractivity contribution in [1.29, 1.82) is 0 Å². The second kappa shape index (κ2) is 5.79. The third-order valence-corrected chi connectivity index (χ3v) is 4.16. The molecule has 0 spiro atoms. The summed E-state index contributed by atoms with van der Waals surface area (Å²) in [6, 6.07) is 8.19. The first kappa shape index (κ1) is 14.6. The zero-order chi connectivity index (χ0) is 15.0. The molecule has 112 valence electrons. The molecular weight excluding hydrogens is 288 g/mol. The van der Waals surface area contributed by atoms with Crippen LogP contribution in [-0.2, 0) is 11.2 Å². The van der Waals surface area contributed by atoms with E-state index in [0.717, 1.165) is 12.0 Å². The molecule has 0 bridgehead atoms. The van der Waals surface area contributed by atoms with Crippen LogP contribution in [0.25, 0.3) is 0 Å². The number of hydrogen-bond acceptors (Lipinski definition) is 3. The Morgan fingerprint density at radius 1 is 1.38 bits per heavy atom. The molecule has 3 rings (SSSR count). The Kier molecular flexibility index (Phi) is 4.02. The van der Waals surface area contributed by atoms with Crippen molar-refractivity contribution >= 4 is 11.6 Å². The molecule has 0 saturated carbocycles. The second-order valence-electron chi connectivity index (χ2n) is 5.60. The SMILES string of the molecule is CC(C)n1ncc(Cl)c1C(O)C1OCCc2ccccc21. The molecule has 2 atom stereocenters. The number of hydrogen-bond donors (Lipinski definition) is 1. The van der Waals surface area contributed by atoms with Crippen LogP contribution in [0, 0.1) is 0 Å². The summed E-state index contributed by atoms with van der Waals surface area (Å²) in [6.45, 7) is 4.62. The molecule has 1 N–H and O–H groups in total. The van der Waals surface area contributed by atoms with Crippen molar-refractivity contribution in [2.75, 3.05) is 6.61 Å². The smallest absolute Gasteiger partial charge is 0.127 e. The van der Waals surface area contributed by atoms with Crippen molar-refractivity contribution in [3.05, 3.63) is 52.3 Å². The van der Waals surface area contributed by atoms with E-state index in [4.69, 9.17) is 16.3 Å². The fourth-order valence-electron chi connectivity index (χ4n) is 2.87. The van der Waals surface area contributed by atoms with Crippen LogP contribution in [-0.4, -0.2) is 21.5 Å². The molecule has 1 aliphatic heterocycles. The fraction of sp³-hybridized carbons (Fsp3) is 0.438. The maximum Gasteiger partial charge on any atom is 0.127 e. The van der Waals surface area contributed by atoms with Crippen LogP contribution in [0.1, 0.15) is 48.9 Å². The molecule has 0 amide bonds. The Morgan fingerprint density at radius 3 is 2.90 bits per heavy atom. The van der Waals surface area contributed by atoms with Crippen LogP contribution >= 0.6 is 11.6 Å². The van der Waals surface area contributed by atoms with E-state index in [1.54, 1.807) is 10.9 Å². The van der Waals surface area contributed by atoms with Crippen LogP contribution in [0.15, 0.2) is 30.5 Å². The first-order valence-corrected chi connectivity index (χ1v) is 7.57. The van der Waals surface area contributed by atoms with E-state index >= 15 is 0 Å². The molecule has 0 aliphatic carbocycles. The van der Waals surface area contributed by atoms with Gasteiger partial charge in [0.15, 0.2) is 0 Å². The Hall–Kier alpha value is -1.36. The molecule has 0 fully saturated rings. The lowest BCUT2D eigenvalue weighted by Crippen LogP contribution is -2.24. The summed E-state index contributed by atoms with van der Waals surface area (Å²) in [5, 5.41) is 15.6. The average Bonchev–Trinajstić information content (AvgIpc) is 2.88. The molecule has 1 aliphatic rings. The summed E-state index contributed by atoms with van der Waals surface area (Å²) >= 11 is 6.23. The van der Waals surface area contributed by atoms with Crippen molar-refractivity contribution < 1.29 is 9.84 Å². The molecule has 1 aromatic heterocycles. The van der Waals surface area contributed by atoms with E-state index in [-0.39, 0.29) is 6.04 Å². The van der Waals surface area contributed by atoms with Gasteiger partial charge in [0.1, 0.15) is 12.2 Å². The van der Waals surface area contributed by atoms with E-state index < -0.39 is 12.2 Å². The highest BCUT2D eigenvalue weighted by Crippen LogP contribution is 2.39. The highest BCUT2D eigenvalue weighted by atomic mass is 35.5. The van der Waals surface area contributed by atoms with Crippen molar-refractivity contribution in [2.45, 2.75) is 38.5 Å². The topological polar surface area (TPSA) is 47.3 Å². The molecule has 2 heterocycles. The molecule has 0 radical (unpaired) electrons. The van der Waals surface area contributed by atoms with Crippen molar-refractivity contribution in [2.24, 2.45) is 0 Å². The van der Waals surface area contributed by atoms with E-state index in [2.05, 4.69) is 11.2 Å². The summed E-state index contributed by atoms with van der Waals surface area (Å²) in [5.41, 5.74) is 2.87. The average molecular weight is 307 g/mol. The van der Waals surface area contributed by atoms with Gasteiger partial charge in [-0.1, -0.05) is 35.9 Å². The standard InChI is InChI=1S/C16H19ClN2O2/c1-10(2)19-14(13(17)9-18-19)15(20)16-12-6-4-3-5-11(12)7-8-21-16/h3-6,9-10,15-16,20H,7-8H2,1-2H3. The Morgan fingerprint density at radius 2 is 2.14 bits per heavy atom. The third-order valence-electron chi connectivity index (χ3n) is 3.87. The van der Waals surface area contributed by atoms with Crippen molar-refractivity contribution in [1.82, 2.24) is 9.78 Å². The van der Waals surface area contributed by atoms with Crippen LogP contribution < -0.4 is 0 Å². The van der Waals surface area contributed by atoms with E-state index in [1.165, 1.54) is 5.56 Å². The van der Waals surface area contributed by atoms with Gasteiger partial charge in [0.2, 0.25) is 0 Å². The third kappa shape index (κ3) is 2.59. The van der Waals surface area contributed by atoms with Crippen LogP contribution in [0.5, 0.6) is 0 Å². The summed E-state index contributed by atoms with van der Waals surface area (Å²) in [7, 11) is 0. The fourth-order valence-corrected chi connectivity index (χ4v) is 3.11. The van der Waals surface area contributed by atoms with E-state index in [0.29, 0.717) is 17.3 Å².